The quantitative estimate of drug-likeness (QED) is 0.531. The van der Waals surface area contributed by atoms with Gasteiger partial charge in [0.2, 0.25) is 0 Å². The number of hydrogen-bond acceptors (Lipinski definition) is 5. The Morgan fingerprint density at radius 2 is 2.05 bits per heavy atom. The molecule has 1 aliphatic heterocycles. The Morgan fingerprint density at radius 1 is 1.36 bits per heavy atom. The first-order valence-corrected chi connectivity index (χ1v) is 6.82. The van der Waals surface area contributed by atoms with Crippen molar-refractivity contribution in [2.45, 2.75) is 18.8 Å². The van der Waals surface area contributed by atoms with Crippen molar-refractivity contribution in [2.24, 2.45) is 5.92 Å². The fraction of sp³-hybridized carbons (Fsp3) is 0.400. The number of aromatic amines is 1. The van der Waals surface area contributed by atoms with E-state index < -0.39 is 0 Å². The van der Waals surface area contributed by atoms with Crippen LogP contribution in [-0.2, 0) is 31.3 Å². The molecule has 6 nitrogen and oxygen atoms in total. The summed E-state index contributed by atoms with van der Waals surface area (Å²) in [5, 5.41) is 14.9. The van der Waals surface area contributed by atoms with Crippen LogP contribution >= 0.6 is 0 Å². The van der Waals surface area contributed by atoms with Gasteiger partial charge in [-0.1, -0.05) is 42.5 Å². The SMILES string of the molecule is [CH-]=O.[CH2-]N1CCC(c2ccccc2)(c2nn[nH]n2)C(C)C1.[W+2]. The van der Waals surface area contributed by atoms with E-state index >= 15 is 0 Å². The number of aromatic nitrogens is 4. The van der Waals surface area contributed by atoms with Crippen LogP contribution in [0.15, 0.2) is 30.3 Å². The number of tetrazole rings is 1. The van der Waals surface area contributed by atoms with Crippen molar-refractivity contribution in [3.8, 4) is 0 Å². The third-order valence-corrected chi connectivity index (χ3v) is 4.23. The molecule has 0 amide bonds. The first-order chi connectivity index (χ1) is 10.2. The summed E-state index contributed by atoms with van der Waals surface area (Å²) in [6.45, 7) is 7.36. The number of piperidine rings is 1. The second-order valence-electron chi connectivity index (χ2n) is 5.30. The second kappa shape index (κ2) is 8.30. The molecule has 0 saturated carbocycles. The van der Waals surface area contributed by atoms with Gasteiger partial charge in [0.25, 0.3) is 0 Å². The largest absolute Gasteiger partial charge is 2.00 e. The van der Waals surface area contributed by atoms with E-state index in [1.54, 1.807) is 0 Å². The number of nitrogens with zero attached hydrogens (tertiary/aromatic N) is 4. The molecule has 2 unspecified atom stereocenters. The van der Waals surface area contributed by atoms with E-state index in [9.17, 15) is 0 Å². The molecule has 0 spiro atoms. The van der Waals surface area contributed by atoms with Gasteiger partial charge >= 0.3 is 21.1 Å². The van der Waals surface area contributed by atoms with Crippen LogP contribution in [0.4, 0.5) is 0 Å². The minimum Gasteiger partial charge on any atom is -0.545 e. The maximum absolute atomic E-state index is 7.75. The molecule has 0 aliphatic carbocycles. The molecular formula is C15H19N5OW. The summed E-state index contributed by atoms with van der Waals surface area (Å²) in [6, 6.07) is 10.5. The Hall–Kier alpha value is -1.39. The maximum atomic E-state index is 7.75. The first-order valence-electron chi connectivity index (χ1n) is 6.82. The van der Waals surface area contributed by atoms with E-state index in [2.05, 4.69) is 70.5 Å². The molecule has 2 aromatic rings. The molecule has 2 atom stereocenters. The number of nitrogens with one attached hydrogen (secondary N) is 1. The molecule has 1 aliphatic rings. The normalized spacial score (nSPS) is 24.7. The predicted molar refractivity (Wildman–Crippen MR) is 78.9 cm³/mol. The van der Waals surface area contributed by atoms with Gasteiger partial charge in [0.15, 0.2) is 5.82 Å². The molecule has 1 saturated heterocycles. The van der Waals surface area contributed by atoms with Gasteiger partial charge in [0.1, 0.15) is 0 Å². The summed E-state index contributed by atoms with van der Waals surface area (Å²) in [6.07, 6.45) is 0.960. The third-order valence-electron chi connectivity index (χ3n) is 4.23. The molecule has 1 aromatic heterocycles. The Labute approximate surface area is 144 Å². The van der Waals surface area contributed by atoms with Crippen molar-refractivity contribution in [1.29, 1.82) is 0 Å². The molecule has 0 bridgehead atoms. The molecule has 7 heteroatoms. The third kappa shape index (κ3) is 3.33. The van der Waals surface area contributed by atoms with Gasteiger partial charge in [0.05, 0.1) is 5.41 Å². The summed E-state index contributed by atoms with van der Waals surface area (Å²) in [5.74, 6) is 1.18. The fourth-order valence-electron chi connectivity index (χ4n) is 3.19. The molecular weight excluding hydrogens is 450 g/mol. The molecule has 1 N–H and O–H groups in total. The van der Waals surface area contributed by atoms with E-state index in [4.69, 9.17) is 4.79 Å². The Bertz CT molecular complexity index is 550. The van der Waals surface area contributed by atoms with Gasteiger partial charge in [-0.15, -0.1) is 10.2 Å². The van der Waals surface area contributed by atoms with Crippen LogP contribution in [-0.4, -0.2) is 45.4 Å². The zero-order valence-electron chi connectivity index (χ0n) is 12.5. The number of carbonyl (C=O) groups excluding carboxylic acids is 1. The Balaban J connectivity index is 0.000000775. The van der Waals surface area contributed by atoms with Crippen molar-refractivity contribution in [1.82, 2.24) is 25.5 Å². The van der Waals surface area contributed by atoms with E-state index in [0.29, 0.717) is 5.92 Å². The number of benzene rings is 1. The summed E-state index contributed by atoms with van der Waals surface area (Å²) < 4.78 is 0. The van der Waals surface area contributed by atoms with E-state index in [1.165, 1.54) is 5.56 Å². The summed E-state index contributed by atoms with van der Waals surface area (Å²) in [4.78, 5) is 9.87. The van der Waals surface area contributed by atoms with Crippen LogP contribution in [0.1, 0.15) is 24.7 Å². The summed E-state index contributed by atoms with van der Waals surface area (Å²) >= 11 is 0. The zero-order chi connectivity index (χ0) is 15.3. The molecule has 116 valence electrons. The van der Waals surface area contributed by atoms with Crippen LogP contribution in [0.25, 0.3) is 0 Å². The van der Waals surface area contributed by atoms with Crippen LogP contribution < -0.4 is 0 Å². The van der Waals surface area contributed by atoms with Crippen molar-refractivity contribution >= 4 is 6.79 Å². The standard InChI is InChI=1S/C14H18N5.CHO.W/c1-11-10-19(2)9-8-14(11,13-15-17-18-16-13)12-6-4-3-5-7-12;1-2;/h3-7,11H,2,8-10H2,1H3,(H,15,16,17,18);1H;/q2*-1;+2. The molecule has 1 aromatic carbocycles. The van der Waals surface area contributed by atoms with Crippen molar-refractivity contribution in [2.75, 3.05) is 13.1 Å². The van der Waals surface area contributed by atoms with Gasteiger partial charge in [0, 0.05) is 0 Å². The van der Waals surface area contributed by atoms with Crippen molar-refractivity contribution in [3.05, 3.63) is 48.8 Å². The van der Waals surface area contributed by atoms with E-state index in [0.717, 1.165) is 25.3 Å². The summed E-state index contributed by atoms with van der Waals surface area (Å²) in [7, 11) is 4.06. The Morgan fingerprint density at radius 3 is 2.59 bits per heavy atom. The van der Waals surface area contributed by atoms with Crippen LogP contribution in [0.3, 0.4) is 0 Å². The van der Waals surface area contributed by atoms with Gasteiger partial charge in [-0.25, -0.2) is 0 Å². The number of rotatable bonds is 2. The maximum Gasteiger partial charge on any atom is 2.00 e. The van der Waals surface area contributed by atoms with Crippen LogP contribution in [0, 0.1) is 13.0 Å². The average molecular weight is 469 g/mol. The Kier molecular flexibility index (Phi) is 7.04. The smallest absolute Gasteiger partial charge is 0.545 e. The van der Waals surface area contributed by atoms with E-state index in [-0.39, 0.29) is 26.5 Å². The number of H-pyrrole nitrogens is 1. The number of likely N-dealkylation sites (tertiary alicyclic amines) is 1. The molecule has 3 rings (SSSR count). The van der Waals surface area contributed by atoms with Crippen LogP contribution in [0.2, 0.25) is 0 Å². The predicted octanol–water partition coefficient (Wildman–Crippen LogP) is 1.34. The van der Waals surface area contributed by atoms with Crippen molar-refractivity contribution < 1.29 is 25.9 Å². The average Bonchev–Trinajstić information content (AvgIpc) is 3.05. The van der Waals surface area contributed by atoms with Crippen LogP contribution in [0.5, 0.6) is 0 Å². The summed E-state index contributed by atoms with van der Waals surface area (Å²) in [5.41, 5.74) is 1.10. The first kappa shape index (κ1) is 18.7. The topological polar surface area (TPSA) is 74.8 Å². The number of hydrogen-bond donors (Lipinski definition) is 1. The van der Waals surface area contributed by atoms with Crippen molar-refractivity contribution in [3.63, 3.8) is 0 Å². The molecule has 2 heterocycles. The second-order valence-corrected chi connectivity index (χ2v) is 5.30. The van der Waals surface area contributed by atoms with Gasteiger partial charge in [-0.2, -0.15) is 5.21 Å². The monoisotopic (exact) mass is 469 g/mol. The zero-order valence-corrected chi connectivity index (χ0v) is 15.4. The van der Waals surface area contributed by atoms with E-state index in [1.807, 2.05) is 6.07 Å². The minimum atomic E-state index is -0.164. The van der Waals surface area contributed by atoms with Gasteiger partial charge in [-0.3, -0.25) is 13.8 Å². The molecule has 22 heavy (non-hydrogen) atoms. The minimum absolute atomic E-state index is 0. The van der Waals surface area contributed by atoms with Gasteiger partial charge < -0.3 is 9.69 Å². The molecule has 0 radical (unpaired) electrons. The molecule has 1 fully saturated rings. The fourth-order valence-corrected chi connectivity index (χ4v) is 3.19. The van der Waals surface area contributed by atoms with Gasteiger partial charge in [-0.05, 0) is 31.0 Å².